The highest BCUT2D eigenvalue weighted by Gasteiger charge is 2.52. The highest BCUT2D eigenvalue weighted by atomic mass is 16.7. The molecule has 12 nitrogen and oxygen atoms in total. The summed E-state index contributed by atoms with van der Waals surface area (Å²) in [5.41, 5.74) is 0.726. The summed E-state index contributed by atoms with van der Waals surface area (Å²) in [5, 5.41) is 2.84. The Morgan fingerprint density at radius 2 is 1.68 bits per heavy atom. The second-order valence-corrected chi connectivity index (χ2v) is 16.1. The molecule has 0 aromatic carbocycles. The zero-order chi connectivity index (χ0) is 37.8. The lowest BCUT2D eigenvalue weighted by Gasteiger charge is -2.44. The van der Waals surface area contributed by atoms with Crippen LogP contribution >= 0.6 is 0 Å². The Labute approximate surface area is 315 Å². The Morgan fingerprint density at radius 1 is 0.887 bits per heavy atom. The molecule has 0 spiro atoms. The average molecular weight is 746 g/mol. The molecule has 1 saturated carbocycles. The minimum Gasteiger partial charge on any atom is -0.462 e. The molecular weight excluding hydrogens is 682 g/mol. The van der Waals surface area contributed by atoms with Gasteiger partial charge in [0.2, 0.25) is 6.41 Å². The first-order valence-electron chi connectivity index (χ1n) is 20.2. The molecule has 0 unspecified atom stereocenters. The van der Waals surface area contributed by atoms with Crippen molar-refractivity contribution < 1.29 is 52.3 Å². The molecule has 0 bridgehead atoms. The standard InChI is InChI=1S/C41H63NO11/c1-8-26-11-10-12-34(53-36-16-15-33(42-21-43)23(4)49-36)22(3)37(45)32-19-30-28(31(32)20-35(44)51-26)14-13-25-17-27(18-29(25)30)52-41-40(47-7)39(48-9-2)38(46-6)24(5)50-41/h13-14,19,21-31,33-34,36,38-41H,8-12,15-18,20H2,1-7H3,(H,42,43)/t22-,23-,24+,25-,26+,27-,28-,29-,30-,31+,33+,34+,36+,38+,39-,40-,41+/m1/s1. The van der Waals surface area contributed by atoms with Gasteiger partial charge >= 0.3 is 5.97 Å². The molecule has 6 rings (SSSR count). The first kappa shape index (κ1) is 40.5. The second-order valence-electron chi connectivity index (χ2n) is 16.1. The molecule has 298 valence electrons. The van der Waals surface area contributed by atoms with E-state index in [2.05, 4.69) is 23.5 Å². The first-order chi connectivity index (χ1) is 25.6. The molecule has 0 aromatic heterocycles. The number of hydrogen-bond acceptors (Lipinski definition) is 11. The van der Waals surface area contributed by atoms with Crippen LogP contribution in [0.2, 0.25) is 0 Å². The molecule has 3 aliphatic carbocycles. The number of ketones is 1. The van der Waals surface area contributed by atoms with Gasteiger partial charge in [0.15, 0.2) is 18.4 Å². The minimum absolute atomic E-state index is 0.0170. The Bertz CT molecular complexity index is 1320. The summed E-state index contributed by atoms with van der Waals surface area (Å²) in [7, 11) is 3.32. The van der Waals surface area contributed by atoms with Gasteiger partial charge in [-0.2, -0.15) is 0 Å². The van der Waals surface area contributed by atoms with Crippen molar-refractivity contribution in [2.24, 2.45) is 35.5 Å². The van der Waals surface area contributed by atoms with Crippen LogP contribution in [0.3, 0.4) is 0 Å². The van der Waals surface area contributed by atoms with Gasteiger partial charge in [-0.15, -0.1) is 0 Å². The molecule has 3 saturated heterocycles. The third kappa shape index (κ3) is 8.79. The van der Waals surface area contributed by atoms with Crippen LogP contribution < -0.4 is 5.32 Å². The lowest BCUT2D eigenvalue weighted by atomic mass is 9.70. The fourth-order valence-electron chi connectivity index (χ4n) is 10.2. The van der Waals surface area contributed by atoms with Crippen molar-refractivity contribution in [1.82, 2.24) is 5.32 Å². The number of Topliss-reactive ketones (excluding diaryl/α,β-unsaturated/α-hetero) is 1. The van der Waals surface area contributed by atoms with E-state index < -0.39 is 24.6 Å². The number of ether oxygens (including phenoxy) is 8. The fraction of sp³-hybridized carbons (Fsp3) is 0.829. The minimum atomic E-state index is -0.608. The van der Waals surface area contributed by atoms with Gasteiger partial charge in [-0.1, -0.05) is 32.1 Å². The van der Waals surface area contributed by atoms with E-state index in [0.29, 0.717) is 32.3 Å². The number of rotatable bonds is 11. The number of carbonyl (C=O) groups is 3. The van der Waals surface area contributed by atoms with Gasteiger partial charge < -0.3 is 43.2 Å². The molecule has 53 heavy (non-hydrogen) atoms. The maximum atomic E-state index is 14.6. The van der Waals surface area contributed by atoms with Crippen molar-refractivity contribution in [3.05, 3.63) is 23.8 Å². The molecule has 12 heteroatoms. The number of nitrogens with one attached hydrogen (secondary N) is 1. The van der Waals surface area contributed by atoms with E-state index in [4.69, 9.17) is 37.9 Å². The highest BCUT2D eigenvalue weighted by Crippen LogP contribution is 2.54. The Hall–Kier alpha value is -2.19. The van der Waals surface area contributed by atoms with Crippen molar-refractivity contribution in [3.63, 3.8) is 0 Å². The largest absolute Gasteiger partial charge is 0.462 e. The van der Waals surface area contributed by atoms with Crippen LogP contribution in [-0.2, 0) is 52.3 Å². The number of hydrogen-bond donors (Lipinski definition) is 1. The molecule has 0 aromatic rings. The van der Waals surface area contributed by atoms with Crippen LogP contribution in [0, 0.1) is 35.5 Å². The summed E-state index contributed by atoms with van der Waals surface area (Å²) in [5.74, 6) is -0.245. The third-order valence-corrected chi connectivity index (χ3v) is 13.0. The molecule has 1 N–H and O–H groups in total. The van der Waals surface area contributed by atoms with Gasteiger partial charge in [0, 0.05) is 39.1 Å². The summed E-state index contributed by atoms with van der Waals surface area (Å²) in [6, 6.07) is -0.0666. The van der Waals surface area contributed by atoms with Gasteiger partial charge in [-0.3, -0.25) is 14.4 Å². The zero-order valence-corrected chi connectivity index (χ0v) is 32.7. The van der Waals surface area contributed by atoms with Gasteiger partial charge in [0.1, 0.15) is 24.4 Å². The van der Waals surface area contributed by atoms with Crippen molar-refractivity contribution in [2.75, 3.05) is 20.8 Å². The van der Waals surface area contributed by atoms with E-state index in [1.54, 1.807) is 14.2 Å². The van der Waals surface area contributed by atoms with Crippen LogP contribution in [0.25, 0.3) is 0 Å². The lowest BCUT2D eigenvalue weighted by molar-refractivity contribution is -0.317. The molecule has 0 radical (unpaired) electrons. The lowest BCUT2D eigenvalue weighted by Crippen LogP contribution is -2.60. The van der Waals surface area contributed by atoms with E-state index in [0.717, 1.165) is 37.7 Å². The maximum absolute atomic E-state index is 14.6. The van der Waals surface area contributed by atoms with Crippen LogP contribution in [0.4, 0.5) is 0 Å². The molecule has 4 fully saturated rings. The molecule has 3 heterocycles. The van der Waals surface area contributed by atoms with Crippen LogP contribution in [0.5, 0.6) is 0 Å². The number of fused-ring (bicyclic) bond motifs is 5. The summed E-state index contributed by atoms with van der Waals surface area (Å²) in [4.78, 5) is 39.2. The number of carbonyl (C=O) groups excluding carboxylic acids is 3. The molecule has 6 aliphatic rings. The van der Waals surface area contributed by atoms with E-state index in [-0.39, 0.29) is 96.5 Å². The summed E-state index contributed by atoms with van der Waals surface area (Å²) < 4.78 is 49.7. The quantitative estimate of drug-likeness (QED) is 0.173. The monoisotopic (exact) mass is 745 g/mol. The Morgan fingerprint density at radius 3 is 2.38 bits per heavy atom. The second kappa shape index (κ2) is 18.2. The number of methoxy groups -OCH3 is 2. The van der Waals surface area contributed by atoms with Crippen LogP contribution in [0.1, 0.15) is 92.4 Å². The Balaban J connectivity index is 1.20. The van der Waals surface area contributed by atoms with Gasteiger partial charge in [-0.25, -0.2) is 0 Å². The van der Waals surface area contributed by atoms with Crippen LogP contribution in [-0.4, -0.2) is 106 Å². The van der Waals surface area contributed by atoms with Gasteiger partial charge in [0.05, 0.1) is 36.9 Å². The molecule has 1 amide bonds. The molecule has 3 aliphatic heterocycles. The van der Waals surface area contributed by atoms with Gasteiger partial charge in [-0.05, 0) is 95.0 Å². The number of amides is 1. The van der Waals surface area contributed by atoms with E-state index in [9.17, 15) is 14.4 Å². The SMILES string of the molecule is CCO[C@@H]1[C@@H](OC)[C@H](C)O[C@@H](O[C@H]2C[C@H]3[C@@H]4C=C5C(=O)[C@H](C)[C@@H](O[C@H]6CC[C@H](NC=O)[C@@H](C)O6)CCC[C@H](CC)OC(=O)C[C@H]5[C@@H]4C=C[C@@H]3C2)[C@@H]1OC. The smallest absolute Gasteiger partial charge is 0.306 e. The number of esters is 1. The van der Waals surface area contributed by atoms with E-state index in [1.807, 2.05) is 34.6 Å². The van der Waals surface area contributed by atoms with Crippen LogP contribution in [0.15, 0.2) is 23.8 Å². The highest BCUT2D eigenvalue weighted by molar-refractivity contribution is 5.99. The average Bonchev–Trinajstić information content (AvgIpc) is 3.72. The van der Waals surface area contributed by atoms with E-state index in [1.165, 1.54) is 0 Å². The normalized spacial score (nSPS) is 44.8. The number of allylic oxidation sites excluding steroid dienone is 4. The summed E-state index contributed by atoms with van der Waals surface area (Å²) >= 11 is 0. The zero-order valence-electron chi connectivity index (χ0n) is 32.7. The van der Waals surface area contributed by atoms with Crippen molar-refractivity contribution in [1.29, 1.82) is 0 Å². The van der Waals surface area contributed by atoms with Crippen molar-refractivity contribution in [3.8, 4) is 0 Å². The third-order valence-electron chi connectivity index (χ3n) is 13.0. The predicted molar refractivity (Wildman–Crippen MR) is 194 cm³/mol. The van der Waals surface area contributed by atoms with Crippen molar-refractivity contribution in [2.45, 2.75) is 160 Å². The summed E-state index contributed by atoms with van der Waals surface area (Å²) in [6.45, 7) is 10.4. The molecule has 17 atom stereocenters. The maximum Gasteiger partial charge on any atom is 0.306 e. The first-order valence-corrected chi connectivity index (χ1v) is 20.2. The fourth-order valence-corrected chi connectivity index (χ4v) is 10.2. The van der Waals surface area contributed by atoms with E-state index >= 15 is 0 Å². The summed E-state index contributed by atoms with van der Waals surface area (Å²) in [6.07, 6.45) is 10.3. The van der Waals surface area contributed by atoms with Gasteiger partial charge in [0.25, 0.3) is 0 Å². The predicted octanol–water partition coefficient (Wildman–Crippen LogP) is 5.06. The van der Waals surface area contributed by atoms with Crippen molar-refractivity contribution >= 4 is 18.2 Å². The number of cyclic esters (lactones) is 1. The Kier molecular flexibility index (Phi) is 13.9. The molecular formula is C41H63NO11. The topological polar surface area (TPSA) is 137 Å².